The molecule has 2 N–H and O–H groups in total. The van der Waals surface area contributed by atoms with Gasteiger partial charge in [0.15, 0.2) is 0 Å². The van der Waals surface area contributed by atoms with E-state index in [2.05, 4.69) is 10.1 Å². The molecule has 0 aromatic heterocycles. The first-order chi connectivity index (χ1) is 18.7. The summed E-state index contributed by atoms with van der Waals surface area (Å²) in [5, 5.41) is 11.3. The highest BCUT2D eigenvalue weighted by Gasteiger charge is 2.33. The molecular weight excluding hydrogens is 507 g/mol. The van der Waals surface area contributed by atoms with Crippen LogP contribution in [0.4, 0.5) is 13.2 Å². The number of hydrogen-bond donors (Lipinski definition) is 2. The number of carbonyl (C=O) groups is 2. The van der Waals surface area contributed by atoms with Crippen molar-refractivity contribution in [2.24, 2.45) is 0 Å². The van der Waals surface area contributed by atoms with Crippen LogP contribution in [0.2, 0.25) is 0 Å². The Morgan fingerprint density at radius 3 is 2.08 bits per heavy atom. The van der Waals surface area contributed by atoms with Gasteiger partial charge in [-0.1, -0.05) is 78.9 Å². The highest BCUT2D eigenvalue weighted by molar-refractivity contribution is 5.94. The van der Waals surface area contributed by atoms with Crippen molar-refractivity contribution in [3.8, 4) is 16.9 Å². The van der Waals surface area contributed by atoms with Crippen molar-refractivity contribution in [2.45, 2.75) is 25.1 Å². The molecule has 0 fully saturated rings. The van der Waals surface area contributed by atoms with E-state index in [0.29, 0.717) is 17.5 Å². The molecule has 4 aromatic carbocycles. The van der Waals surface area contributed by atoms with Gasteiger partial charge in [-0.2, -0.15) is 0 Å². The Labute approximate surface area is 223 Å². The molecule has 0 saturated carbocycles. The van der Waals surface area contributed by atoms with Crippen LogP contribution in [-0.2, 0) is 11.2 Å². The molecule has 4 rings (SSSR count). The van der Waals surface area contributed by atoms with Gasteiger partial charge in [0, 0.05) is 23.6 Å². The molecule has 1 amide bonds. The van der Waals surface area contributed by atoms with Crippen molar-refractivity contribution in [3.05, 3.63) is 125 Å². The Kier molecular flexibility index (Phi) is 8.66. The monoisotopic (exact) mass is 533 g/mol. The summed E-state index contributed by atoms with van der Waals surface area (Å²) in [5.74, 6) is -2.17. The third-order valence-electron chi connectivity index (χ3n) is 6.20. The normalized spacial score (nSPS) is 12.0. The number of nitrogens with one attached hydrogen (secondary N) is 1. The summed E-state index contributed by atoms with van der Waals surface area (Å²) in [6.07, 6.45) is -4.70. The number of alkyl halides is 3. The first-order valence-electron chi connectivity index (χ1n) is 12.3. The van der Waals surface area contributed by atoms with Crippen LogP contribution in [0.1, 0.15) is 39.4 Å². The zero-order valence-corrected chi connectivity index (χ0v) is 20.8. The van der Waals surface area contributed by atoms with Gasteiger partial charge in [-0.05, 0) is 52.9 Å². The molecule has 200 valence electrons. The molecule has 0 radical (unpaired) electrons. The fourth-order valence-corrected chi connectivity index (χ4v) is 4.35. The molecule has 0 bridgehead atoms. The minimum atomic E-state index is -4.86. The van der Waals surface area contributed by atoms with Crippen molar-refractivity contribution < 1.29 is 32.6 Å². The number of aliphatic carboxylic acids is 1. The molecule has 0 heterocycles. The van der Waals surface area contributed by atoms with Gasteiger partial charge in [-0.25, -0.2) is 0 Å². The first-order valence-corrected chi connectivity index (χ1v) is 12.3. The lowest BCUT2D eigenvalue weighted by Gasteiger charge is -2.23. The smallest absolute Gasteiger partial charge is 0.481 e. The summed E-state index contributed by atoms with van der Waals surface area (Å²) < 4.78 is 44.7. The van der Waals surface area contributed by atoms with Crippen LogP contribution in [0.5, 0.6) is 5.75 Å². The fraction of sp³-hybridized carbons (Fsp3) is 0.161. The van der Waals surface area contributed by atoms with E-state index in [1.807, 2.05) is 60.7 Å². The zero-order chi connectivity index (χ0) is 27.8. The third kappa shape index (κ3) is 7.70. The molecule has 4 aromatic rings. The molecule has 1 unspecified atom stereocenters. The van der Waals surface area contributed by atoms with E-state index in [1.165, 1.54) is 6.07 Å². The molecule has 0 aliphatic carbocycles. The number of rotatable bonds is 10. The van der Waals surface area contributed by atoms with Gasteiger partial charge >= 0.3 is 12.3 Å². The number of ether oxygens (including phenoxy) is 1. The average molecular weight is 534 g/mol. The lowest BCUT2D eigenvalue weighted by molar-refractivity contribution is -0.274. The van der Waals surface area contributed by atoms with Crippen LogP contribution in [0.15, 0.2) is 103 Å². The quantitative estimate of drug-likeness (QED) is 0.234. The molecule has 8 heteroatoms. The highest BCUT2D eigenvalue weighted by Crippen LogP contribution is 2.39. The predicted octanol–water partition coefficient (Wildman–Crippen LogP) is 6.83. The van der Waals surface area contributed by atoms with E-state index < -0.39 is 24.2 Å². The first kappa shape index (κ1) is 27.4. The minimum Gasteiger partial charge on any atom is -0.481 e. The van der Waals surface area contributed by atoms with Crippen molar-refractivity contribution >= 4 is 11.9 Å². The number of carboxylic acid groups (broad SMARTS) is 1. The lowest BCUT2D eigenvalue weighted by Crippen LogP contribution is -2.25. The van der Waals surface area contributed by atoms with Gasteiger partial charge in [0.2, 0.25) is 0 Å². The van der Waals surface area contributed by atoms with E-state index in [4.69, 9.17) is 5.11 Å². The SMILES string of the molecule is O=C(O)CCNC(=O)c1ccc(CC(c2ccccc2)c2cc(-c3ccccc3)ccc2OC(F)(F)F)cc1. The van der Waals surface area contributed by atoms with Crippen LogP contribution in [-0.4, -0.2) is 29.9 Å². The molecule has 0 aliphatic heterocycles. The van der Waals surface area contributed by atoms with Gasteiger partial charge in [0.25, 0.3) is 5.91 Å². The van der Waals surface area contributed by atoms with Crippen molar-refractivity contribution in [3.63, 3.8) is 0 Å². The van der Waals surface area contributed by atoms with E-state index in [-0.39, 0.29) is 18.7 Å². The van der Waals surface area contributed by atoms with Gasteiger partial charge in [-0.3, -0.25) is 9.59 Å². The summed E-state index contributed by atoms with van der Waals surface area (Å²) in [6, 6.07) is 30.0. The van der Waals surface area contributed by atoms with Crippen molar-refractivity contribution in [1.29, 1.82) is 0 Å². The number of hydrogen-bond acceptors (Lipinski definition) is 3. The van der Waals surface area contributed by atoms with E-state index in [9.17, 15) is 22.8 Å². The predicted molar refractivity (Wildman–Crippen MR) is 142 cm³/mol. The molecular formula is C31H26F3NO4. The van der Waals surface area contributed by atoms with Crippen molar-refractivity contribution in [1.82, 2.24) is 5.32 Å². The molecule has 5 nitrogen and oxygen atoms in total. The summed E-state index contributed by atoms with van der Waals surface area (Å²) in [7, 11) is 0. The number of amides is 1. The largest absolute Gasteiger partial charge is 0.573 e. The maximum absolute atomic E-state index is 13.4. The standard InChI is InChI=1S/C31H26F3NO4/c32-31(33,34)39-28-16-15-25(22-7-3-1-4-8-22)20-27(28)26(23-9-5-2-6-10-23)19-21-11-13-24(14-12-21)30(38)35-18-17-29(36)37/h1-16,20,26H,17-19H2,(H,35,38)(H,36,37). The zero-order valence-electron chi connectivity index (χ0n) is 20.8. The number of benzene rings is 4. The Hall–Kier alpha value is -4.59. The second-order valence-electron chi connectivity index (χ2n) is 8.93. The van der Waals surface area contributed by atoms with E-state index in [0.717, 1.165) is 22.3 Å². The lowest BCUT2D eigenvalue weighted by atomic mass is 9.84. The minimum absolute atomic E-state index is 0.00569. The number of halogens is 3. The molecule has 39 heavy (non-hydrogen) atoms. The summed E-state index contributed by atoms with van der Waals surface area (Å²) >= 11 is 0. The Bertz CT molecular complexity index is 1410. The summed E-state index contributed by atoms with van der Waals surface area (Å²) in [5.41, 5.74) is 3.97. The van der Waals surface area contributed by atoms with Crippen LogP contribution >= 0.6 is 0 Å². The molecule has 0 saturated heterocycles. The summed E-state index contributed by atoms with van der Waals surface area (Å²) in [6.45, 7) is 0.00569. The van der Waals surface area contributed by atoms with Crippen LogP contribution < -0.4 is 10.1 Å². The molecule has 0 spiro atoms. The fourth-order valence-electron chi connectivity index (χ4n) is 4.35. The van der Waals surface area contributed by atoms with Crippen molar-refractivity contribution in [2.75, 3.05) is 6.54 Å². The highest BCUT2D eigenvalue weighted by atomic mass is 19.4. The average Bonchev–Trinajstić information content (AvgIpc) is 2.92. The second-order valence-corrected chi connectivity index (χ2v) is 8.93. The third-order valence-corrected chi connectivity index (χ3v) is 6.20. The summed E-state index contributed by atoms with van der Waals surface area (Å²) in [4.78, 5) is 23.0. The van der Waals surface area contributed by atoms with Crippen LogP contribution in [0.3, 0.4) is 0 Å². The van der Waals surface area contributed by atoms with Gasteiger partial charge in [0.1, 0.15) is 5.75 Å². The van der Waals surface area contributed by atoms with Crippen LogP contribution in [0.25, 0.3) is 11.1 Å². The van der Waals surface area contributed by atoms with Gasteiger partial charge in [-0.15, -0.1) is 13.2 Å². The maximum atomic E-state index is 13.4. The Morgan fingerprint density at radius 1 is 0.821 bits per heavy atom. The van der Waals surface area contributed by atoms with E-state index >= 15 is 0 Å². The maximum Gasteiger partial charge on any atom is 0.573 e. The van der Waals surface area contributed by atoms with E-state index in [1.54, 1.807) is 36.4 Å². The Balaban J connectivity index is 1.70. The topological polar surface area (TPSA) is 75.6 Å². The number of carbonyl (C=O) groups excluding carboxylic acids is 1. The van der Waals surface area contributed by atoms with Gasteiger partial charge in [0.05, 0.1) is 6.42 Å². The Morgan fingerprint density at radius 2 is 1.46 bits per heavy atom. The second kappa shape index (κ2) is 12.3. The molecule has 0 aliphatic rings. The van der Waals surface area contributed by atoms with Gasteiger partial charge < -0.3 is 15.2 Å². The number of carboxylic acids is 1. The molecule has 1 atom stereocenters. The van der Waals surface area contributed by atoms with Crippen LogP contribution in [0, 0.1) is 0 Å².